The highest BCUT2D eigenvalue weighted by atomic mass is 16.6. The van der Waals surface area contributed by atoms with Crippen LogP contribution in [0.2, 0.25) is 0 Å². The predicted octanol–water partition coefficient (Wildman–Crippen LogP) is 0.802. The summed E-state index contributed by atoms with van der Waals surface area (Å²) in [4.78, 5) is 24.1. The Kier molecular flexibility index (Phi) is 3.71. The van der Waals surface area contributed by atoms with Gasteiger partial charge < -0.3 is 14.4 Å². The van der Waals surface area contributed by atoms with E-state index < -0.39 is 18.1 Å². The maximum Gasteiger partial charge on any atom is 0.410 e. The molecule has 5 nitrogen and oxygen atoms in total. The van der Waals surface area contributed by atoms with Crippen LogP contribution in [0.4, 0.5) is 4.79 Å². The van der Waals surface area contributed by atoms with Gasteiger partial charge in [0.1, 0.15) is 12.0 Å². The van der Waals surface area contributed by atoms with Gasteiger partial charge in [-0.05, 0) is 6.92 Å². The molecule has 0 aromatic rings. The number of hydrogen-bond acceptors (Lipinski definition) is 4. The Bertz CT molecular complexity index is 277. The van der Waals surface area contributed by atoms with E-state index in [0.717, 1.165) is 0 Å². The Hall–Kier alpha value is -1.52. The van der Waals surface area contributed by atoms with Gasteiger partial charge in [0.15, 0.2) is 0 Å². The molecule has 0 bridgehead atoms. The van der Waals surface area contributed by atoms with Gasteiger partial charge >= 0.3 is 12.1 Å². The summed E-state index contributed by atoms with van der Waals surface area (Å²) in [5.41, 5.74) is 0. The van der Waals surface area contributed by atoms with Crippen molar-refractivity contribution in [2.24, 2.45) is 5.92 Å². The number of cyclic esters (lactones) is 1. The van der Waals surface area contributed by atoms with Gasteiger partial charge in [-0.1, -0.05) is 12.7 Å². The zero-order valence-corrected chi connectivity index (χ0v) is 8.93. The second kappa shape index (κ2) is 4.82. The standard InChI is InChI=1S/C10H15NO4/c1-4-8-7(9(12)14-5-2)6-11(3)10(13)15-8/h4,7-8H,1,5-6H2,2-3H3/t7-,8+/m0/s1. The SMILES string of the molecule is C=C[C@H]1OC(=O)N(C)C[C@@H]1C(=O)OCC. The van der Waals surface area contributed by atoms with Gasteiger partial charge in [-0.15, -0.1) is 0 Å². The summed E-state index contributed by atoms with van der Waals surface area (Å²) in [5.74, 6) is -0.841. The lowest BCUT2D eigenvalue weighted by Gasteiger charge is -2.33. The minimum Gasteiger partial charge on any atom is -0.466 e. The molecule has 0 spiro atoms. The Morgan fingerprint density at radius 2 is 2.47 bits per heavy atom. The average molecular weight is 213 g/mol. The first-order valence-corrected chi connectivity index (χ1v) is 4.81. The summed E-state index contributed by atoms with van der Waals surface area (Å²) in [5, 5.41) is 0. The van der Waals surface area contributed by atoms with Crippen LogP contribution in [0.15, 0.2) is 12.7 Å². The second-order valence-electron chi connectivity index (χ2n) is 3.32. The van der Waals surface area contributed by atoms with Crippen molar-refractivity contribution in [2.45, 2.75) is 13.0 Å². The summed E-state index contributed by atoms with van der Waals surface area (Å²) in [6, 6.07) is 0. The molecule has 0 aliphatic carbocycles. The molecule has 1 rings (SSSR count). The van der Waals surface area contributed by atoms with Crippen LogP contribution in [0.25, 0.3) is 0 Å². The number of esters is 1. The maximum absolute atomic E-state index is 11.5. The number of carbonyl (C=O) groups is 2. The lowest BCUT2D eigenvalue weighted by molar-refractivity contribution is -0.153. The van der Waals surface area contributed by atoms with E-state index >= 15 is 0 Å². The number of nitrogens with zero attached hydrogens (tertiary/aromatic N) is 1. The molecule has 84 valence electrons. The Labute approximate surface area is 88.6 Å². The summed E-state index contributed by atoms with van der Waals surface area (Å²) < 4.78 is 9.89. The molecule has 1 fully saturated rings. The molecule has 1 aliphatic rings. The van der Waals surface area contributed by atoms with Crippen LogP contribution in [0.5, 0.6) is 0 Å². The van der Waals surface area contributed by atoms with E-state index in [4.69, 9.17) is 9.47 Å². The number of ether oxygens (including phenoxy) is 2. The first-order chi connectivity index (χ1) is 7.10. The summed E-state index contributed by atoms with van der Waals surface area (Å²) in [6.45, 7) is 5.88. The van der Waals surface area contributed by atoms with Gasteiger partial charge in [-0.25, -0.2) is 4.79 Å². The Morgan fingerprint density at radius 3 is 3.00 bits per heavy atom. The van der Waals surface area contributed by atoms with Crippen molar-refractivity contribution >= 4 is 12.1 Å². The van der Waals surface area contributed by atoms with E-state index in [0.29, 0.717) is 13.2 Å². The van der Waals surface area contributed by atoms with E-state index in [1.807, 2.05) is 0 Å². The summed E-state index contributed by atoms with van der Waals surface area (Å²) in [7, 11) is 1.58. The third-order valence-corrected chi connectivity index (χ3v) is 2.24. The van der Waals surface area contributed by atoms with Gasteiger partial charge in [-0.3, -0.25) is 4.79 Å². The summed E-state index contributed by atoms with van der Waals surface area (Å²) >= 11 is 0. The minimum absolute atomic E-state index is 0.300. The van der Waals surface area contributed by atoms with Crippen molar-refractivity contribution in [3.05, 3.63) is 12.7 Å². The van der Waals surface area contributed by atoms with E-state index in [2.05, 4.69) is 6.58 Å². The number of hydrogen-bond donors (Lipinski definition) is 0. The molecule has 0 aromatic carbocycles. The minimum atomic E-state index is -0.590. The molecule has 1 amide bonds. The summed E-state index contributed by atoms with van der Waals surface area (Å²) in [6.07, 6.45) is 0.417. The van der Waals surface area contributed by atoms with E-state index in [1.165, 1.54) is 11.0 Å². The molecule has 1 aliphatic heterocycles. The fraction of sp³-hybridized carbons (Fsp3) is 0.600. The Balaban J connectivity index is 2.72. The van der Waals surface area contributed by atoms with Gasteiger partial charge in [0.2, 0.25) is 0 Å². The van der Waals surface area contributed by atoms with Gasteiger partial charge in [0, 0.05) is 13.6 Å². The van der Waals surface area contributed by atoms with Gasteiger partial charge in [-0.2, -0.15) is 0 Å². The molecule has 0 radical (unpaired) electrons. The fourth-order valence-electron chi connectivity index (χ4n) is 1.43. The number of carbonyl (C=O) groups excluding carboxylic acids is 2. The normalized spacial score (nSPS) is 25.7. The molecule has 15 heavy (non-hydrogen) atoms. The lowest BCUT2D eigenvalue weighted by Crippen LogP contribution is -2.48. The van der Waals surface area contributed by atoms with Crippen molar-refractivity contribution in [1.82, 2.24) is 4.90 Å². The monoisotopic (exact) mass is 213 g/mol. The number of rotatable bonds is 3. The van der Waals surface area contributed by atoms with Crippen LogP contribution in [0.3, 0.4) is 0 Å². The van der Waals surface area contributed by atoms with Crippen molar-refractivity contribution in [3.8, 4) is 0 Å². The zero-order valence-electron chi connectivity index (χ0n) is 8.93. The topological polar surface area (TPSA) is 55.8 Å². The van der Waals surface area contributed by atoms with E-state index in [1.54, 1.807) is 14.0 Å². The largest absolute Gasteiger partial charge is 0.466 e. The molecule has 0 saturated carbocycles. The van der Waals surface area contributed by atoms with Crippen LogP contribution in [0, 0.1) is 5.92 Å². The quantitative estimate of drug-likeness (QED) is 0.514. The molecule has 5 heteroatoms. The highest BCUT2D eigenvalue weighted by molar-refractivity contribution is 5.77. The van der Waals surface area contributed by atoms with Gasteiger partial charge in [0.05, 0.1) is 6.61 Å². The molecular weight excluding hydrogens is 198 g/mol. The highest BCUT2D eigenvalue weighted by Gasteiger charge is 2.37. The van der Waals surface area contributed by atoms with Crippen molar-refractivity contribution in [1.29, 1.82) is 0 Å². The second-order valence-corrected chi connectivity index (χ2v) is 3.32. The molecule has 0 N–H and O–H groups in total. The fourth-order valence-corrected chi connectivity index (χ4v) is 1.43. The van der Waals surface area contributed by atoms with Gasteiger partial charge in [0.25, 0.3) is 0 Å². The molecular formula is C10H15NO4. The molecule has 0 unspecified atom stereocenters. The van der Waals surface area contributed by atoms with E-state index in [-0.39, 0.29) is 5.97 Å². The third kappa shape index (κ3) is 2.49. The Morgan fingerprint density at radius 1 is 1.80 bits per heavy atom. The first kappa shape index (κ1) is 11.6. The average Bonchev–Trinajstić information content (AvgIpc) is 2.21. The van der Waals surface area contributed by atoms with Crippen molar-refractivity contribution in [2.75, 3.05) is 20.2 Å². The molecule has 1 heterocycles. The number of amides is 1. The highest BCUT2D eigenvalue weighted by Crippen LogP contribution is 2.19. The lowest BCUT2D eigenvalue weighted by atomic mass is 10.0. The van der Waals surface area contributed by atoms with Crippen molar-refractivity contribution in [3.63, 3.8) is 0 Å². The predicted molar refractivity (Wildman–Crippen MR) is 53.2 cm³/mol. The van der Waals surface area contributed by atoms with Crippen LogP contribution in [-0.2, 0) is 14.3 Å². The molecule has 0 aromatic heterocycles. The maximum atomic E-state index is 11.5. The third-order valence-electron chi connectivity index (χ3n) is 2.24. The first-order valence-electron chi connectivity index (χ1n) is 4.81. The van der Waals surface area contributed by atoms with Crippen LogP contribution in [-0.4, -0.2) is 43.3 Å². The zero-order chi connectivity index (χ0) is 11.4. The van der Waals surface area contributed by atoms with Crippen LogP contribution >= 0.6 is 0 Å². The van der Waals surface area contributed by atoms with Crippen LogP contribution < -0.4 is 0 Å². The molecule has 1 saturated heterocycles. The van der Waals surface area contributed by atoms with Crippen LogP contribution in [0.1, 0.15) is 6.92 Å². The smallest absolute Gasteiger partial charge is 0.410 e. The van der Waals surface area contributed by atoms with E-state index in [9.17, 15) is 9.59 Å². The molecule has 2 atom stereocenters. The van der Waals surface area contributed by atoms with Crippen molar-refractivity contribution < 1.29 is 19.1 Å².